The summed E-state index contributed by atoms with van der Waals surface area (Å²) in [5.41, 5.74) is 0.336. The molecule has 2 aromatic rings. The number of quaternary nitrogens is 1. The van der Waals surface area contributed by atoms with Gasteiger partial charge in [0.05, 0.1) is 32.7 Å². The number of phenolic OH excluding ortho intramolecular Hbond substituents is 1. The third-order valence-corrected chi connectivity index (χ3v) is 4.19. The van der Waals surface area contributed by atoms with E-state index < -0.39 is 0 Å². The Bertz CT molecular complexity index is 671. The van der Waals surface area contributed by atoms with Crippen LogP contribution in [0, 0.1) is 0 Å². The van der Waals surface area contributed by atoms with Crippen LogP contribution in [0.1, 0.15) is 23.7 Å². The number of aromatic hydroxyl groups is 1. The molecule has 0 aliphatic heterocycles. The molecule has 0 unspecified atom stereocenters. The lowest BCUT2D eigenvalue weighted by Gasteiger charge is -2.28. The quantitative estimate of drug-likeness (QED) is 0.565. The molecule has 2 rings (SSSR count). The molecule has 0 spiro atoms. The number of phenols is 1. The second-order valence-corrected chi connectivity index (χ2v) is 6.30. The lowest BCUT2D eigenvalue weighted by atomic mass is 10.1. The lowest BCUT2D eigenvalue weighted by molar-refractivity contribution is -0.888. The van der Waals surface area contributed by atoms with Gasteiger partial charge in [-0.2, -0.15) is 0 Å². The topological polar surface area (TPSA) is 49.3 Å². The molecule has 0 bridgehead atoms. The van der Waals surface area contributed by atoms with Crippen LogP contribution in [0.15, 0.2) is 36.4 Å². The van der Waals surface area contributed by atoms with E-state index in [0.29, 0.717) is 12.1 Å². The van der Waals surface area contributed by atoms with Crippen LogP contribution >= 0.6 is 0 Å². The van der Waals surface area contributed by atoms with E-state index in [1.165, 1.54) is 0 Å². The second kappa shape index (κ2) is 8.18. The SMILES string of the molecule is CC[N+](C)(C)CCCNC(=O)c1cc2ccccc2cc1O.[Cl-]. The molecule has 0 fully saturated rings. The van der Waals surface area contributed by atoms with E-state index >= 15 is 0 Å². The minimum absolute atomic E-state index is 0. The Morgan fingerprint density at radius 1 is 1.17 bits per heavy atom. The van der Waals surface area contributed by atoms with Gasteiger partial charge in [-0.3, -0.25) is 4.79 Å². The Morgan fingerprint density at radius 2 is 1.78 bits per heavy atom. The zero-order chi connectivity index (χ0) is 16.2. The van der Waals surface area contributed by atoms with Gasteiger partial charge in [-0.05, 0) is 29.8 Å². The number of nitrogens with one attached hydrogen (secondary N) is 1. The van der Waals surface area contributed by atoms with Crippen molar-refractivity contribution in [3.63, 3.8) is 0 Å². The van der Waals surface area contributed by atoms with Crippen molar-refractivity contribution in [2.75, 3.05) is 33.7 Å². The van der Waals surface area contributed by atoms with Crippen molar-refractivity contribution in [3.05, 3.63) is 42.0 Å². The van der Waals surface area contributed by atoms with Gasteiger partial charge in [0.2, 0.25) is 0 Å². The monoisotopic (exact) mass is 336 g/mol. The Morgan fingerprint density at radius 3 is 2.39 bits per heavy atom. The predicted molar refractivity (Wildman–Crippen MR) is 90.1 cm³/mol. The molecule has 0 saturated carbocycles. The summed E-state index contributed by atoms with van der Waals surface area (Å²) >= 11 is 0. The van der Waals surface area contributed by atoms with Crippen molar-refractivity contribution in [1.29, 1.82) is 0 Å². The molecule has 5 heteroatoms. The molecule has 126 valence electrons. The van der Waals surface area contributed by atoms with E-state index in [1.807, 2.05) is 24.3 Å². The van der Waals surface area contributed by atoms with Gasteiger partial charge >= 0.3 is 0 Å². The van der Waals surface area contributed by atoms with E-state index in [-0.39, 0.29) is 24.1 Å². The summed E-state index contributed by atoms with van der Waals surface area (Å²) in [6.45, 7) is 4.86. The molecule has 4 nitrogen and oxygen atoms in total. The van der Waals surface area contributed by atoms with Gasteiger partial charge in [0.1, 0.15) is 5.75 Å². The van der Waals surface area contributed by atoms with Crippen molar-refractivity contribution in [2.45, 2.75) is 13.3 Å². The smallest absolute Gasteiger partial charge is 0.255 e. The maximum absolute atomic E-state index is 12.2. The first-order chi connectivity index (χ1) is 10.4. The van der Waals surface area contributed by atoms with Crippen molar-refractivity contribution in [2.24, 2.45) is 0 Å². The average Bonchev–Trinajstić information content (AvgIpc) is 2.50. The lowest BCUT2D eigenvalue weighted by Crippen LogP contribution is -3.00. The number of benzene rings is 2. The first-order valence-corrected chi connectivity index (χ1v) is 7.75. The highest BCUT2D eigenvalue weighted by molar-refractivity contribution is 6.01. The first-order valence-electron chi connectivity index (χ1n) is 7.75. The molecular formula is C18H25ClN2O2. The van der Waals surface area contributed by atoms with Gasteiger partial charge in [0.25, 0.3) is 5.91 Å². The van der Waals surface area contributed by atoms with Gasteiger partial charge < -0.3 is 27.3 Å². The maximum atomic E-state index is 12.2. The molecular weight excluding hydrogens is 312 g/mol. The Hall–Kier alpha value is -1.78. The fourth-order valence-corrected chi connectivity index (χ4v) is 2.37. The highest BCUT2D eigenvalue weighted by atomic mass is 35.5. The van der Waals surface area contributed by atoms with Crippen LogP contribution in [0.2, 0.25) is 0 Å². The number of rotatable bonds is 6. The fourth-order valence-electron chi connectivity index (χ4n) is 2.37. The van der Waals surface area contributed by atoms with Crippen molar-refractivity contribution < 1.29 is 26.8 Å². The fraction of sp³-hybridized carbons (Fsp3) is 0.389. The standard InChI is InChI=1S/C18H24N2O2.ClH/c1-4-20(2,3)11-7-10-19-18(22)16-12-14-8-5-6-9-15(14)13-17(16)21;/h5-6,8-9,12-13H,4,7,10-11H2,1-3H3,(H-,19,21,22);1H. The predicted octanol–water partition coefficient (Wildman–Crippen LogP) is -0.234. The van der Waals surface area contributed by atoms with Gasteiger partial charge in [-0.25, -0.2) is 0 Å². The van der Waals surface area contributed by atoms with Crippen LogP contribution < -0.4 is 17.7 Å². The molecule has 1 amide bonds. The summed E-state index contributed by atoms with van der Waals surface area (Å²) in [5, 5.41) is 14.8. The highest BCUT2D eigenvalue weighted by Crippen LogP contribution is 2.24. The molecule has 2 N–H and O–H groups in total. The molecule has 0 atom stereocenters. The largest absolute Gasteiger partial charge is 1.00 e. The van der Waals surface area contributed by atoms with Crippen LogP contribution in [0.25, 0.3) is 10.8 Å². The van der Waals surface area contributed by atoms with Crippen LogP contribution in [0.3, 0.4) is 0 Å². The molecule has 2 aromatic carbocycles. The summed E-state index contributed by atoms with van der Waals surface area (Å²) in [7, 11) is 4.36. The van der Waals surface area contributed by atoms with Crippen LogP contribution in [0.5, 0.6) is 5.75 Å². The Balaban J connectivity index is 0.00000264. The van der Waals surface area contributed by atoms with Crippen molar-refractivity contribution in [3.8, 4) is 5.75 Å². The van der Waals surface area contributed by atoms with Crippen LogP contribution in [-0.2, 0) is 0 Å². The summed E-state index contributed by atoms with van der Waals surface area (Å²) in [6, 6.07) is 11.1. The second-order valence-electron chi connectivity index (χ2n) is 6.30. The zero-order valence-corrected chi connectivity index (χ0v) is 14.7. The van der Waals surface area contributed by atoms with Crippen molar-refractivity contribution >= 4 is 16.7 Å². The summed E-state index contributed by atoms with van der Waals surface area (Å²) in [5.74, 6) is -0.189. The normalized spacial score (nSPS) is 11.1. The number of halogens is 1. The number of carbonyl (C=O) groups excluding carboxylic acids is 1. The number of nitrogens with zero attached hydrogens (tertiary/aromatic N) is 1. The molecule has 0 aliphatic rings. The van der Waals surface area contributed by atoms with Gasteiger partial charge in [-0.15, -0.1) is 0 Å². The minimum Gasteiger partial charge on any atom is -1.00 e. The van der Waals surface area contributed by atoms with E-state index in [9.17, 15) is 9.90 Å². The summed E-state index contributed by atoms with van der Waals surface area (Å²) < 4.78 is 0.942. The maximum Gasteiger partial charge on any atom is 0.255 e. The first kappa shape index (κ1) is 19.3. The molecule has 23 heavy (non-hydrogen) atoms. The molecule has 0 heterocycles. The third-order valence-electron chi connectivity index (χ3n) is 4.19. The molecule has 0 aliphatic carbocycles. The van der Waals surface area contributed by atoms with Crippen LogP contribution in [-0.4, -0.2) is 49.2 Å². The van der Waals surface area contributed by atoms with E-state index in [2.05, 4.69) is 26.3 Å². The van der Waals surface area contributed by atoms with Crippen LogP contribution in [0.4, 0.5) is 0 Å². The Kier molecular flexibility index (Phi) is 6.85. The number of amides is 1. The average molecular weight is 337 g/mol. The molecule has 0 saturated heterocycles. The van der Waals surface area contributed by atoms with Crippen molar-refractivity contribution in [1.82, 2.24) is 5.32 Å². The number of fused-ring (bicyclic) bond motifs is 1. The number of hydrogen-bond donors (Lipinski definition) is 2. The summed E-state index contributed by atoms with van der Waals surface area (Å²) in [6.07, 6.45) is 0.918. The minimum atomic E-state index is -0.218. The number of hydrogen-bond acceptors (Lipinski definition) is 2. The zero-order valence-electron chi connectivity index (χ0n) is 14.0. The Labute approximate surface area is 144 Å². The molecule has 0 aromatic heterocycles. The van der Waals surface area contributed by atoms with E-state index in [4.69, 9.17) is 0 Å². The van der Waals surface area contributed by atoms with Gasteiger partial charge in [0.15, 0.2) is 0 Å². The van der Waals surface area contributed by atoms with Gasteiger partial charge in [0, 0.05) is 13.0 Å². The molecule has 0 radical (unpaired) electrons. The number of carbonyl (C=O) groups is 1. The third kappa shape index (κ3) is 5.12. The highest BCUT2D eigenvalue weighted by Gasteiger charge is 2.14. The van der Waals surface area contributed by atoms with E-state index in [0.717, 1.165) is 34.8 Å². The van der Waals surface area contributed by atoms with Gasteiger partial charge in [-0.1, -0.05) is 24.3 Å². The summed E-state index contributed by atoms with van der Waals surface area (Å²) in [4.78, 5) is 12.2. The van der Waals surface area contributed by atoms with E-state index in [1.54, 1.807) is 12.1 Å².